The van der Waals surface area contributed by atoms with E-state index in [2.05, 4.69) is 36.4 Å². The summed E-state index contributed by atoms with van der Waals surface area (Å²) in [5.74, 6) is -0.381. The highest BCUT2D eigenvalue weighted by Gasteiger charge is 2.12. The van der Waals surface area contributed by atoms with Gasteiger partial charge in [-0.1, -0.05) is 46.8 Å². The van der Waals surface area contributed by atoms with Gasteiger partial charge in [0.05, 0.1) is 12.7 Å². The first-order valence-electron chi connectivity index (χ1n) is 7.68. The Balaban J connectivity index is 0.00000211. The summed E-state index contributed by atoms with van der Waals surface area (Å²) in [6, 6.07) is 0. The predicted molar refractivity (Wildman–Crippen MR) is 87.1 cm³/mol. The molecule has 0 radical (unpaired) electrons. The van der Waals surface area contributed by atoms with Crippen molar-refractivity contribution in [3.8, 4) is 0 Å². The molecule has 1 N–H and O–H groups in total. The van der Waals surface area contributed by atoms with Crippen LogP contribution in [0.15, 0.2) is 18.3 Å². The molecule has 6 nitrogen and oxygen atoms in total. The molecule has 1 heterocycles. The number of nitrogens with one attached hydrogen (secondary N) is 1. The van der Waals surface area contributed by atoms with Crippen LogP contribution in [0.25, 0.3) is 0 Å². The van der Waals surface area contributed by atoms with E-state index in [9.17, 15) is 9.59 Å². The van der Waals surface area contributed by atoms with Crippen LogP contribution in [0.5, 0.6) is 0 Å². The van der Waals surface area contributed by atoms with Gasteiger partial charge in [0.25, 0.3) is 0 Å². The molecule has 124 valence electrons. The van der Waals surface area contributed by atoms with Crippen molar-refractivity contribution in [2.24, 2.45) is 5.41 Å². The van der Waals surface area contributed by atoms with Crippen LogP contribution in [0, 0.1) is 5.41 Å². The Bertz CT molecular complexity index is 498. The van der Waals surface area contributed by atoms with Crippen molar-refractivity contribution >= 4 is 11.7 Å². The van der Waals surface area contributed by atoms with Crippen molar-refractivity contribution in [3.05, 3.63) is 24.0 Å². The molecule has 0 aliphatic heterocycles. The van der Waals surface area contributed by atoms with Gasteiger partial charge in [-0.15, -0.1) is 5.10 Å². The first-order chi connectivity index (χ1) is 10.3. The summed E-state index contributed by atoms with van der Waals surface area (Å²) in [4.78, 5) is 22.5. The number of hydrogen-bond acceptors (Lipinski definition) is 4. The molecule has 0 unspecified atom stereocenters. The van der Waals surface area contributed by atoms with Crippen molar-refractivity contribution in [3.63, 3.8) is 0 Å². The van der Waals surface area contributed by atoms with Crippen LogP contribution in [-0.4, -0.2) is 26.7 Å². The van der Waals surface area contributed by atoms with Crippen LogP contribution in [0.2, 0.25) is 0 Å². The third kappa shape index (κ3) is 9.05. The van der Waals surface area contributed by atoms with Gasteiger partial charge in [-0.3, -0.25) is 14.3 Å². The Morgan fingerprint density at radius 3 is 2.45 bits per heavy atom. The lowest BCUT2D eigenvalue weighted by Gasteiger charge is -2.16. The van der Waals surface area contributed by atoms with E-state index in [4.69, 9.17) is 0 Å². The zero-order valence-electron chi connectivity index (χ0n) is 14.5. The van der Waals surface area contributed by atoms with E-state index >= 15 is 0 Å². The number of aromatic nitrogens is 3. The molecule has 6 heteroatoms. The molecule has 0 aliphatic rings. The van der Waals surface area contributed by atoms with Gasteiger partial charge in [-0.2, -0.15) is 0 Å². The van der Waals surface area contributed by atoms with Gasteiger partial charge in [-0.05, 0) is 11.5 Å². The predicted octanol–water partition coefficient (Wildman–Crippen LogP) is 2.50. The van der Waals surface area contributed by atoms with Crippen LogP contribution >= 0.6 is 0 Å². The summed E-state index contributed by atoms with van der Waals surface area (Å²) >= 11 is 0. The number of carbonyl (C=O) groups excluding carboxylic acids is 2. The zero-order chi connectivity index (χ0) is 17.2. The summed E-state index contributed by atoms with van der Waals surface area (Å²) < 4.78 is 1.76. The molecule has 0 saturated heterocycles. The molecule has 0 bridgehead atoms. The summed E-state index contributed by atoms with van der Waals surface area (Å²) in [5, 5.41) is 10.7. The van der Waals surface area contributed by atoms with Crippen LogP contribution in [0.1, 0.15) is 53.7 Å². The highest BCUT2D eigenvalue weighted by molar-refractivity contribution is 5.97. The molecule has 1 amide bonds. The molecular weight excluding hydrogens is 280 g/mol. The molecule has 1 aromatic heterocycles. The van der Waals surface area contributed by atoms with E-state index in [-0.39, 0.29) is 17.1 Å². The molecular formula is C16H28N4O2. The molecule has 1 rings (SSSR count). The van der Waals surface area contributed by atoms with Crippen LogP contribution in [0.4, 0.5) is 0 Å². The minimum atomic E-state index is -0.308. The minimum absolute atomic E-state index is 0.0729. The maximum atomic E-state index is 11.5. The topological polar surface area (TPSA) is 76.9 Å². The van der Waals surface area contributed by atoms with E-state index in [0.717, 1.165) is 6.54 Å². The van der Waals surface area contributed by atoms with Gasteiger partial charge in [0, 0.05) is 19.0 Å². The molecule has 0 spiro atoms. The van der Waals surface area contributed by atoms with Crippen molar-refractivity contribution in [1.82, 2.24) is 20.3 Å². The molecule has 22 heavy (non-hydrogen) atoms. The second kappa shape index (κ2) is 9.87. The summed E-state index contributed by atoms with van der Waals surface area (Å²) in [6.45, 7) is 13.2. The van der Waals surface area contributed by atoms with E-state index in [0.29, 0.717) is 18.7 Å². The van der Waals surface area contributed by atoms with Crippen molar-refractivity contribution in [2.75, 3.05) is 0 Å². The molecule has 0 saturated carbocycles. The number of carbonyl (C=O) groups is 2. The van der Waals surface area contributed by atoms with Gasteiger partial charge in [0.2, 0.25) is 5.91 Å². The Hall–Kier alpha value is -1.98. The highest BCUT2D eigenvalue weighted by atomic mass is 16.1. The van der Waals surface area contributed by atoms with E-state index < -0.39 is 0 Å². The maximum absolute atomic E-state index is 11.5. The quantitative estimate of drug-likeness (QED) is 0.819. The lowest BCUT2D eigenvalue weighted by Crippen LogP contribution is -2.20. The number of rotatable bonds is 6. The number of nitrogens with zero attached hydrogens (tertiary/aromatic N) is 3. The highest BCUT2D eigenvalue weighted by Crippen LogP contribution is 2.15. The fourth-order valence-electron chi connectivity index (χ4n) is 1.51. The first kappa shape index (κ1) is 20.0. The number of amides is 1. The minimum Gasteiger partial charge on any atom is -0.347 e. The Morgan fingerprint density at radius 2 is 1.91 bits per heavy atom. The molecule has 1 aromatic rings. The Labute approximate surface area is 133 Å². The number of hydrogen-bond donors (Lipinski definition) is 1. The monoisotopic (exact) mass is 308 g/mol. The van der Waals surface area contributed by atoms with Gasteiger partial charge >= 0.3 is 0 Å². The van der Waals surface area contributed by atoms with Crippen LogP contribution < -0.4 is 5.32 Å². The smallest absolute Gasteiger partial charge is 0.244 e. The Morgan fingerprint density at radius 1 is 1.27 bits per heavy atom. The largest absolute Gasteiger partial charge is 0.347 e. The van der Waals surface area contributed by atoms with Crippen molar-refractivity contribution in [1.29, 1.82) is 0 Å². The molecule has 0 aromatic carbocycles. The maximum Gasteiger partial charge on any atom is 0.244 e. The summed E-state index contributed by atoms with van der Waals surface area (Å²) in [7, 11) is 0. The lowest BCUT2D eigenvalue weighted by molar-refractivity contribution is -0.118. The number of allylic oxidation sites excluding steroid dienone is 1. The lowest BCUT2D eigenvalue weighted by atomic mass is 9.97. The standard InChI is InChI=1S/C14H22N4O2.C2H6/c1-5-12(19)6-7-13(20)15-8-11-9-18(17-16-11)10-14(2,3)4;1-2/h6-7,9H,5,8,10H2,1-4H3,(H,15,20);1-2H3/b7-6+;. The van der Waals surface area contributed by atoms with Gasteiger partial charge in [-0.25, -0.2) is 0 Å². The zero-order valence-corrected chi connectivity index (χ0v) is 14.5. The van der Waals surface area contributed by atoms with E-state index in [1.54, 1.807) is 11.6 Å². The average Bonchev–Trinajstić information content (AvgIpc) is 2.90. The SMILES string of the molecule is CC.CCC(=O)/C=C/C(=O)NCc1cn(CC(C)(C)C)nn1. The Kier molecular flexibility index (Phi) is 8.98. The van der Waals surface area contributed by atoms with Crippen LogP contribution in [0.3, 0.4) is 0 Å². The van der Waals surface area contributed by atoms with Crippen LogP contribution in [-0.2, 0) is 22.7 Å². The van der Waals surface area contributed by atoms with Crippen molar-refractivity contribution < 1.29 is 9.59 Å². The normalized spacial score (nSPS) is 11.0. The second-order valence-electron chi connectivity index (χ2n) is 5.84. The van der Waals surface area contributed by atoms with Gasteiger partial charge in [0.15, 0.2) is 5.78 Å². The summed E-state index contributed by atoms with van der Waals surface area (Å²) in [5.41, 5.74) is 0.815. The molecule has 0 fully saturated rings. The molecule has 0 atom stereocenters. The fraction of sp³-hybridized carbons (Fsp3) is 0.625. The van der Waals surface area contributed by atoms with E-state index in [1.165, 1.54) is 12.2 Å². The molecule has 0 aliphatic carbocycles. The summed E-state index contributed by atoms with van der Waals surface area (Å²) in [6.07, 6.45) is 4.73. The number of ketones is 1. The first-order valence-corrected chi connectivity index (χ1v) is 7.68. The van der Waals surface area contributed by atoms with Crippen molar-refractivity contribution in [2.45, 2.75) is 61.1 Å². The average molecular weight is 308 g/mol. The fourth-order valence-corrected chi connectivity index (χ4v) is 1.51. The third-order valence-electron chi connectivity index (χ3n) is 2.44. The van der Waals surface area contributed by atoms with Gasteiger partial charge in [0.1, 0.15) is 5.69 Å². The second-order valence-corrected chi connectivity index (χ2v) is 5.84. The van der Waals surface area contributed by atoms with Gasteiger partial charge < -0.3 is 5.32 Å². The third-order valence-corrected chi connectivity index (χ3v) is 2.44. The van der Waals surface area contributed by atoms with E-state index in [1.807, 2.05) is 20.0 Å².